The summed E-state index contributed by atoms with van der Waals surface area (Å²) in [5.74, 6) is 2.01. The van der Waals surface area contributed by atoms with Crippen LogP contribution in [0.3, 0.4) is 0 Å². The third kappa shape index (κ3) is 5.27. The summed E-state index contributed by atoms with van der Waals surface area (Å²) >= 11 is 0. The SMILES string of the molecule is COc1cc(OC)c2c(c1)OC(c1cc(OC)c(OC)c(OC)c1)C(OC(=O)c1cc(OC)c(O)c(OC)c1)C2. The predicted molar refractivity (Wildman–Crippen MR) is 143 cm³/mol. The standard InChI is InChI=1S/C29H32O11/c1-32-17-12-19(33-2)18-14-25(40-29(31)16-10-21(34-3)26(30)22(11-16)35-4)27(39-20(18)13-17)15-8-23(36-5)28(38-7)24(9-15)37-6/h8-13,25,27,30H,14H2,1-7H3. The van der Waals surface area contributed by atoms with Crippen LogP contribution in [0.25, 0.3) is 0 Å². The van der Waals surface area contributed by atoms with Gasteiger partial charge in [0.15, 0.2) is 29.1 Å². The smallest absolute Gasteiger partial charge is 0.338 e. The molecule has 0 amide bonds. The topological polar surface area (TPSA) is 120 Å². The molecular formula is C29H32O11. The van der Waals surface area contributed by atoms with E-state index in [4.69, 9.17) is 42.6 Å². The van der Waals surface area contributed by atoms with E-state index in [0.717, 1.165) is 0 Å². The van der Waals surface area contributed by atoms with E-state index in [0.29, 0.717) is 45.6 Å². The van der Waals surface area contributed by atoms with Crippen LogP contribution in [0.5, 0.6) is 51.7 Å². The molecule has 3 aromatic carbocycles. The summed E-state index contributed by atoms with van der Waals surface area (Å²) in [6.07, 6.45) is -1.36. The summed E-state index contributed by atoms with van der Waals surface area (Å²) in [6, 6.07) is 9.70. The van der Waals surface area contributed by atoms with Gasteiger partial charge in [0.05, 0.1) is 55.3 Å². The first-order chi connectivity index (χ1) is 19.3. The minimum absolute atomic E-state index is 0.0616. The number of rotatable bonds is 10. The van der Waals surface area contributed by atoms with Crippen molar-refractivity contribution >= 4 is 5.97 Å². The molecule has 0 saturated carbocycles. The summed E-state index contributed by atoms with van der Waals surface area (Å²) in [6.45, 7) is 0. The largest absolute Gasteiger partial charge is 0.502 e. The molecule has 3 aromatic rings. The number of phenols is 1. The Morgan fingerprint density at radius 2 is 1.30 bits per heavy atom. The van der Waals surface area contributed by atoms with E-state index >= 15 is 0 Å². The molecule has 1 N–H and O–H groups in total. The first-order valence-corrected chi connectivity index (χ1v) is 12.2. The Hall–Kier alpha value is -4.67. The van der Waals surface area contributed by atoms with Gasteiger partial charge in [0.1, 0.15) is 23.4 Å². The summed E-state index contributed by atoms with van der Waals surface area (Å²) in [4.78, 5) is 13.5. The Bertz CT molecular complexity index is 1330. The van der Waals surface area contributed by atoms with Crippen molar-refractivity contribution < 1.29 is 52.5 Å². The number of hydrogen-bond acceptors (Lipinski definition) is 11. The van der Waals surface area contributed by atoms with E-state index in [1.54, 1.807) is 31.4 Å². The van der Waals surface area contributed by atoms with Crippen molar-refractivity contribution in [2.75, 3.05) is 49.8 Å². The Balaban J connectivity index is 1.81. The minimum Gasteiger partial charge on any atom is -0.502 e. The van der Waals surface area contributed by atoms with Gasteiger partial charge >= 0.3 is 5.97 Å². The summed E-state index contributed by atoms with van der Waals surface area (Å²) < 4.78 is 50.5. The highest BCUT2D eigenvalue weighted by Crippen LogP contribution is 2.47. The van der Waals surface area contributed by atoms with Crippen molar-refractivity contribution in [3.8, 4) is 51.7 Å². The average molecular weight is 557 g/mol. The van der Waals surface area contributed by atoms with Gasteiger partial charge in [-0.2, -0.15) is 0 Å². The first-order valence-electron chi connectivity index (χ1n) is 12.2. The molecule has 0 aliphatic carbocycles. The van der Waals surface area contributed by atoms with Gasteiger partial charge in [0, 0.05) is 29.7 Å². The molecule has 11 heteroatoms. The molecule has 4 rings (SSSR count). The van der Waals surface area contributed by atoms with Gasteiger partial charge in [-0.15, -0.1) is 0 Å². The highest BCUT2D eigenvalue weighted by Gasteiger charge is 2.38. The highest BCUT2D eigenvalue weighted by atomic mass is 16.6. The quantitative estimate of drug-likeness (QED) is 0.359. The second-order valence-corrected chi connectivity index (χ2v) is 8.68. The Labute approximate surface area is 232 Å². The number of aromatic hydroxyl groups is 1. The van der Waals surface area contributed by atoms with E-state index < -0.39 is 18.2 Å². The second-order valence-electron chi connectivity index (χ2n) is 8.68. The highest BCUT2D eigenvalue weighted by molar-refractivity contribution is 5.91. The van der Waals surface area contributed by atoms with Crippen molar-refractivity contribution in [2.24, 2.45) is 0 Å². The maximum atomic E-state index is 13.5. The molecule has 40 heavy (non-hydrogen) atoms. The molecule has 0 bridgehead atoms. The van der Waals surface area contributed by atoms with E-state index in [2.05, 4.69) is 0 Å². The van der Waals surface area contributed by atoms with Crippen LogP contribution < -0.4 is 37.9 Å². The van der Waals surface area contributed by atoms with Crippen LogP contribution in [0.4, 0.5) is 0 Å². The fourth-order valence-electron chi connectivity index (χ4n) is 4.59. The molecule has 1 aliphatic heterocycles. The van der Waals surface area contributed by atoms with Crippen LogP contribution in [0, 0.1) is 0 Å². The number of ether oxygens (including phenoxy) is 9. The number of carbonyl (C=O) groups excluding carboxylic acids is 1. The molecule has 214 valence electrons. The maximum absolute atomic E-state index is 13.5. The normalized spacial score (nSPS) is 15.7. The van der Waals surface area contributed by atoms with Crippen molar-refractivity contribution in [1.82, 2.24) is 0 Å². The Morgan fingerprint density at radius 3 is 1.80 bits per heavy atom. The first kappa shape index (κ1) is 28.3. The molecule has 0 aromatic heterocycles. The molecule has 0 saturated heterocycles. The number of hydrogen-bond donors (Lipinski definition) is 1. The summed E-state index contributed by atoms with van der Waals surface area (Å²) in [7, 11) is 10.4. The molecular weight excluding hydrogens is 524 g/mol. The van der Waals surface area contributed by atoms with E-state index in [9.17, 15) is 9.90 Å². The van der Waals surface area contributed by atoms with E-state index in [-0.39, 0.29) is 29.2 Å². The number of benzene rings is 3. The van der Waals surface area contributed by atoms with Gasteiger partial charge in [-0.1, -0.05) is 0 Å². The second kappa shape index (κ2) is 12.0. The van der Waals surface area contributed by atoms with Gasteiger partial charge in [-0.25, -0.2) is 4.79 Å². The van der Waals surface area contributed by atoms with Crippen LogP contribution in [-0.4, -0.2) is 66.9 Å². The van der Waals surface area contributed by atoms with Crippen LogP contribution in [0.15, 0.2) is 36.4 Å². The monoisotopic (exact) mass is 556 g/mol. The molecule has 0 radical (unpaired) electrons. The lowest BCUT2D eigenvalue weighted by Gasteiger charge is -2.34. The third-order valence-electron chi connectivity index (χ3n) is 6.58. The predicted octanol–water partition coefficient (Wildman–Crippen LogP) is 4.35. The number of fused-ring (bicyclic) bond motifs is 1. The van der Waals surface area contributed by atoms with Gasteiger partial charge in [-0.3, -0.25) is 0 Å². The fraction of sp³-hybridized carbons (Fsp3) is 0.345. The van der Waals surface area contributed by atoms with Gasteiger partial charge in [0.2, 0.25) is 11.5 Å². The van der Waals surface area contributed by atoms with Gasteiger partial charge in [0.25, 0.3) is 0 Å². The van der Waals surface area contributed by atoms with Crippen LogP contribution >= 0.6 is 0 Å². The zero-order valence-corrected chi connectivity index (χ0v) is 23.4. The van der Waals surface area contributed by atoms with Crippen molar-refractivity contribution in [3.63, 3.8) is 0 Å². The van der Waals surface area contributed by atoms with Crippen LogP contribution in [0.2, 0.25) is 0 Å². The lowest BCUT2D eigenvalue weighted by molar-refractivity contribution is -0.0189. The molecule has 2 unspecified atom stereocenters. The van der Waals surface area contributed by atoms with Crippen LogP contribution in [-0.2, 0) is 11.2 Å². The molecule has 2 atom stereocenters. The van der Waals surface area contributed by atoms with E-state index in [1.807, 2.05) is 0 Å². The van der Waals surface area contributed by atoms with Crippen molar-refractivity contribution in [3.05, 3.63) is 53.1 Å². The lowest BCUT2D eigenvalue weighted by Crippen LogP contribution is -2.35. The van der Waals surface area contributed by atoms with Crippen molar-refractivity contribution in [1.29, 1.82) is 0 Å². The Kier molecular flexibility index (Phi) is 8.52. The number of carbonyl (C=O) groups is 1. The molecule has 1 aliphatic rings. The molecule has 11 nitrogen and oxygen atoms in total. The summed E-state index contributed by atoms with van der Waals surface area (Å²) in [5, 5.41) is 10.3. The van der Waals surface area contributed by atoms with Crippen LogP contribution in [0.1, 0.15) is 27.6 Å². The molecule has 0 spiro atoms. The molecule has 1 heterocycles. The van der Waals surface area contributed by atoms with Gasteiger partial charge < -0.3 is 47.7 Å². The lowest BCUT2D eigenvalue weighted by atomic mass is 9.93. The minimum atomic E-state index is -0.823. The Morgan fingerprint density at radius 1 is 0.725 bits per heavy atom. The third-order valence-corrected chi connectivity index (χ3v) is 6.58. The molecule has 0 fully saturated rings. The number of methoxy groups -OCH3 is 7. The fourth-order valence-corrected chi connectivity index (χ4v) is 4.59. The van der Waals surface area contributed by atoms with Crippen molar-refractivity contribution in [2.45, 2.75) is 18.6 Å². The maximum Gasteiger partial charge on any atom is 0.338 e. The zero-order valence-electron chi connectivity index (χ0n) is 23.4. The number of esters is 1. The summed E-state index contributed by atoms with van der Waals surface area (Å²) in [5.41, 5.74) is 1.42. The van der Waals surface area contributed by atoms with E-state index in [1.165, 1.54) is 54.8 Å². The van der Waals surface area contributed by atoms with Gasteiger partial charge in [-0.05, 0) is 24.3 Å². The zero-order chi connectivity index (χ0) is 29.0. The number of phenolic OH excluding ortho intramolecular Hbond substituents is 1. The average Bonchev–Trinajstić information content (AvgIpc) is 2.99.